The zero-order valence-electron chi connectivity index (χ0n) is 8.35. The Morgan fingerprint density at radius 3 is 2.93 bits per heavy atom. The first-order valence-corrected chi connectivity index (χ1v) is 5.13. The fourth-order valence-corrected chi connectivity index (χ4v) is 1.99. The van der Waals surface area contributed by atoms with Crippen molar-refractivity contribution >= 4 is 11.3 Å². The topological polar surface area (TPSA) is 12.4 Å². The van der Waals surface area contributed by atoms with Crippen molar-refractivity contribution in [1.82, 2.24) is 0 Å². The largest absolute Gasteiger partial charge is 0.280 e. The van der Waals surface area contributed by atoms with Crippen LogP contribution in [0.3, 0.4) is 0 Å². The van der Waals surface area contributed by atoms with Crippen LogP contribution in [0.2, 0.25) is 0 Å². The van der Waals surface area contributed by atoms with E-state index in [-0.39, 0.29) is 0 Å². The molecule has 0 fully saturated rings. The van der Waals surface area contributed by atoms with Crippen molar-refractivity contribution in [3.63, 3.8) is 0 Å². The highest BCUT2D eigenvalue weighted by atomic mass is 14.7. The van der Waals surface area contributed by atoms with E-state index < -0.39 is 0 Å². The van der Waals surface area contributed by atoms with E-state index in [4.69, 9.17) is 0 Å². The van der Waals surface area contributed by atoms with Crippen LogP contribution < -0.4 is 0 Å². The van der Waals surface area contributed by atoms with Gasteiger partial charge in [0, 0.05) is 5.57 Å². The first kappa shape index (κ1) is 8.42. The minimum atomic E-state index is 0.799. The molecule has 0 spiro atoms. The maximum atomic E-state index is 4.57. The van der Waals surface area contributed by atoms with Crippen LogP contribution in [0.15, 0.2) is 59.6 Å². The average molecular weight is 193 g/mol. The average Bonchev–Trinajstić information content (AvgIpc) is 2.54. The first-order chi connectivity index (χ1) is 7.45. The van der Waals surface area contributed by atoms with Gasteiger partial charge < -0.3 is 0 Å². The summed E-state index contributed by atoms with van der Waals surface area (Å²) in [4.78, 5) is 4.57. The van der Waals surface area contributed by atoms with Crippen LogP contribution in [0, 0.1) is 0 Å². The number of aliphatic imine (C=N–C) groups is 1. The summed E-state index contributed by atoms with van der Waals surface area (Å²) in [6, 6.07) is 8.47. The minimum absolute atomic E-state index is 0.799. The van der Waals surface area contributed by atoms with Crippen molar-refractivity contribution in [2.24, 2.45) is 4.99 Å². The molecule has 1 heteroatoms. The van der Waals surface area contributed by atoms with Crippen LogP contribution in [-0.2, 0) is 6.54 Å². The molecule has 0 aromatic heterocycles. The Morgan fingerprint density at radius 2 is 1.93 bits per heavy atom. The Kier molecular flexibility index (Phi) is 1.88. The summed E-state index contributed by atoms with van der Waals surface area (Å²) in [7, 11) is 0. The molecule has 1 aromatic carbocycles. The molecule has 1 aliphatic carbocycles. The van der Waals surface area contributed by atoms with E-state index in [2.05, 4.69) is 47.5 Å². The Hall–Kier alpha value is -1.89. The van der Waals surface area contributed by atoms with Crippen LogP contribution in [0.25, 0.3) is 5.57 Å². The molecule has 15 heavy (non-hydrogen) atoms. The fourth-order valence-electron chi connectivity index (χ4n) is 1.99. The lowest BCUT2D eigenvalue weighted by atomic mass is 9.93. The standard InChI is InChI=1S/C14H11N/c1-2-8-13-12-7-5-4-6-11(12)10-15-14(13)9-3-1/h1-9H,10H2. The monoisotopic (exact) mass is 193 g/mol. The quantitative estimate of drug-likeness (QED) is 0.600. The first-order valence-electron chi connectivity index (χ1n) is 5.13. The van der Waals surface area contributed by atoms with Crippen LogP contribution in [0.5, 0.6) is 0 Å². The Bertz CT molecular complexity index is 516. The van der Waals surface area contributed by atoms with Crippen molar-refractivity contribution < 1.29 is 0 Å². The van der Waals surface area contributed by atoms with Crippen LogP contribution in [-0.4, -0.2) is 5.71 Å². The summed E-state index contributed by atoms with van der Waals surface area (Å²) >= 11 is 0. The van der Waals surface area contributed by atoms with E-state index in [1.165, 1.54) is 16.7 Å². The van der Waals surface area contributed by atoms with E-state index >= 15 is 0 Å². The zero-order chi connectivity index (χ0) is 10.1. The molecule has 0 radical (unpaired) electrons. The third kappa shape index (κ3) is 1.37. The predicted octanol–water partition coefficient (Wildman–Crippen LogP) is 3.15. The zero-order valence-corrected chi connectivity index (χ0v) is 8.35. The number of benzene rings is 1. The Morgan fingerprint density at radius 1 is 1.00 bits per heavy atom. The molecule has 0 atom stereocenters. The highest BCUT2D eigenvalue weighted by Gasteiger charge is 2.15. The van der Waals surface area contributed by atoms with E-state index in [1.54, 1.807) is 0 Å². The van der Waals surface area contributed by atoms with Gasteiger partial charge in [-0.05, 0) is 17.2 Å². The summed E-state index contributed by atoms with van der Waals surface area (Å²) in [6.07, 6.45) is 10.4. The van der Waals surface area contributed by atoms with Gasteiger partial charge in [0.1, 0.15) is 0 Å². The van der Waals surface area contributed by atoms with E-state index in [0.717, 1.165) is 12.3 Å². The number of nitrogens with zero attached hydrogens (tertiary/aromatic N) is 1. The molecule has 1 heterocycles. The highest BCUT2D eigenvalue weighted by molar-refractivity contribution is 6.30. The van der Waals surface area contributed by atoms with Crippen molar-refractivity contribution in [2.45, 2.75) is 6.54 Å². The van der Waals surface area contributed by atoms with Gasteiger partial charge in [-0.2, -0.15) is 0 Å². The van der Waals surface area contributed by atoms with Gasteiger partial charge in [-0.25, -0.2) is 0 Å². The summed E-state index contributed by atoms with van der Waals surface area (Å²) in [5.41, 5.74) is 4.97. The number of allylic oxidation sites excluding steroid dienone is 6. The van der Waals surface area contributed by atoms with Gasteiger partial charge in [-0.1, -0.05) is 48.6 Å². The number of fused-ring (bicyclic) bond motifs is 3. The molecule has 1 aliphatic heterocycles. The fraction of sp³-hybridized carbons (Fsp3) is 0.0714. The lowest BCUT2D eigenvalue weighted by Crippen LogP contribution is -2.07. The Labute approximate surface area is 89.2 Å². The summed E-state index contributed by atoms with van der Waals surface area (Å²) in [5, 5.41) is 0. The van der Waals surface area contributed by atoms with E-state index in [9.17, 15) is 0 Å². The molecule has 0 saturated heterocycles. The smallest absolute Gasteiger partial charge is 0.0656 e. The maximum Gasteiger partial charge on any atom is 0.0656 e. The predicted molar refractivity (Wildman–Crippen MR) is 63.8 cm³/mol. The molecule has 0 unspecified atom stereocenters. The second-order valence-electron chi connectivity index (χ2n) is 3.68. The van der Waals surface area contributed by atoms with Gasteiger partial charge in [-0.3, -0.25) is 4.99 Å². The maximum absolute atomic E-state index is 4.57. The molecule has 72 valence electrons. The van der Waals surface area contributed by atoms with Crippen molar-refractivity contribution in [3.8, 4) is 0 Å². The number of hydrogen-bond donors (Lipinski definition) is 0. The van der Waals surface area contributed by atoms with Crippen LogP contribution in [0.4, 0.5) is 0 Å². The summed E-state index contributed by atoms with van der Waals surface area (Å²) in [6.45, 7) is 0.799. The summed E-state index contributed by atoms with van der Waals surface area (Å²) in [5.74, 6) is 0. The Balaban J connectivity index is 2.22. The second-order valence-corrected chi connectivity index (χ2v) is 3.68. The third-order valence-electron chi connectivity index (χ3n) is 2.74. The van der Waals surface area contributed by atoms with Gasteiger partial charge in [0.2, 0.25) is 0 Å². The van der Waals surface area contributed by atoms with E-state index in [0.29, 0.717) is 0 Å². The molecule has 2 aliphatic rings. The highest BCUT2D eigenvalue weighted by Crippen LogP contribution is 2.27. The van der Waals surface area contributed by atoms with Crippen molar-refractivity contribution in [2.75, 3.05) is 0 Å². The van der Waals surface area contributed by atoms with Gasteiger partial charge in [0.25, 0.3) is 0 Å². The SMILES string of the molecule is C1=CC=C2C(=NCc3ccccc32)C=C1. The van der Waals surface area contributed by atoms with Crippen LogP contribution >= 0.6 is 0 Å². The van der Waals surface area contributed by atoms with Crippen molar-refractivity contribution in [3.05, 3.63) is 65.8 Å². The summed E-state index contributed by atoms with van der Waals surface area (Å²) < 4.78 is 0. The van der Waals surface area contributed by atoms with Gasteiger partial charge >= 0.3 is 0 Å². The second kappa shape index (κ2) is 3.35. The van der Waals surface area contributed by atoms with Gasteiger partial charge in [0.15, 0.2) is 0 Å². The molecule has 0 saturated carbocycles. The van der Waals surface area contributed by atoms with Gasteiger partial charge in [0.05, 0.1) is 12.3 Å². The van der Waals surface area contributed by atoms with Crippen molar-refractivity contribution in [1.29, 1.82) is 0 Å². The third-order valence-corrected chi connectivity index (χ3v) is 2.74. The molecule has 0 bridgehead atoms. The molecule has 0 N–H and O–H groups in total. The van der Waals surface area contributed by atoms with E-state index in [1.807, 2.05) is 12.2 Å². The normalized spacial score (nSPS) is 17.3. The minimum Gasteiger partial charge on any atom is -0.280 e. The van der Waals surface area contributed by atoms with Crippen LogP contribution in [0.1, 0.15) is 11.1 Å². The molecule has 0 amide bonds. The lowest BCUT2D eigenvalue weighted by Gasteiger charge is -2.16. The molecule has 1 nitrogen and oxygen atoms in total. The molecule has 1 aromatic rings. The molecule has 3 rings (SSSR count). The molecular weight excluding hydrogens is 182 g/mol. The lowest BCUT2D eigenvalue weighted by molar-refractivity contribution is 1.05. The molecular formula is C14H11N. The number of rotatable bonds is 0. The number of hydrogen-bond acceptors (Lipinski definition) is 1. The van der Waals surface area contributed by atoms with Gasteiger partial charge in [-0.15, -0.1) is 0 Å².